The number of aliphatic hydroxyl groups is 2. The number of aliphatic hydroxyl groups excluding tert-OH is 2. The number of ether oxygens (including phenoxy) is 3. The monoisotopic (exact) mass is 440 g/mol. The van der Waals surface area contributed by atoms with Gasteiger partial charge in [-0.3, -0.25) is 4.79 Å². The molecular formula is C25H44O6. The van der Waals surface area contributed by atoms with Crippen molar-refractivity contribution >= 4 is 5.97 Å². The van der Waals surface area contributed by atoms with Gasteiger partial charge in [0.25, 0.3) is 0 Å². The van der Waals surface area contributed by atoms with Gasteiger partial charge in [0.15, 0.2) is 5.79 Å². The van der Waals surface area contributed by atoms with E-state index >= 15 is 0 Å². The normalized spacial score (nSPS) is 27.9. The standard InChI is InChI=1S/C25H44O6/c1-3-4-5-8-11-15-25(30-17-18-31-25)16-14-21-20(22(26)19-23(21)27)12-9-6-7-10-13-24(28)29-2/h6,9,20-23,26-27H,3-5,7-8,10-19H2,1-2H3/t20-,21?,22+,23-/m1/s1. The Morgan fingerprint density at radius 2 is 1.71 bits per heavy atom. The fourth-order valence-electron chi connectivity index (χ4n) is 5.04. The number of methoxy groups -OCH3 is 1. The lowest BCUT2D eigenvalue weighted by Crippen LogP contribution is -2.33. The summed E-state index contributed by atoms with van der Waals surface area (Å²) in [4.78, 5) is 11.2. The largest absolute Gasteiger partial charge is 0.469 e. The number of carbonyl (C=O) groups excluding carboxylic acids is 1. The molecule has 6 nitrogen and oxygen atoms in total. The number of rotatable bonds is 15. The van der Waals surface area contributed by atoms with Gasteiger partial charge in [0.2, 0.25) is 0 Å². The van der Waals surface area contributed by atoms with Crippen LogP contribution in [0.5, 0.6) is 0 Å². The first-order chi connectivity index (χ1) is 15.0. The summed E-state index contributed by atoms with van der Waals surface area (Å²) in [6.07, 6.45) is 14.9. The molecule has 0 radical (unpaired) electrons. The van der Waals surface area contributed by atoms with Crippen molar-refractivity contribution in [3.8, 4) is 0 Å². The smallest absolute Gasteiger partial charge is 0.305 e. The first-order valence-corrected chi connectivity index (χ1v) is 12.4. The maximum absolute atomic E-state index is 11.2. The molecule has 1 saturated carbocycles. The summed E-state index contributed by atoms with van der Waals surface area (Å²) in [7, 11) is 1.41. The van der Waals surface area contributed by atoms with Gasteiger partial charge in [0, 0.05) is 19.3 Å². The van der Waals surface area contributed by atoms with Crippen LogP contribution in [-0.2, 0) is 19.0 Å². The summed E-state index contributed by atoms with van der Waals surface area (Å²) in [6.45, 7) is 3.51. The minimum Gasteiger partial charge on any atom is -0.469 e. The zero-order chi connectivity index (χ0) is 22.5. The van der Waals surface area contributed by atoms with Crippen LogP contribution in [0.15, 0.2) is 12.2 Å². The van der Waals surface area contributed by atoms with E-state index in [1.54, 1.807) is 0 Å². The molecule has 2 N–H and O–H groups in total. The third kappa shape index (κ3) is 8.83. The number of carbonyl (C=O) groups is 1. The molecule has 1 aliphatic heterocycles. The molecule has 1 aliphatic carbocycles. The average Bonchev–Trinajstić information content (AvgIpc) is 3.33. The highest BCUT2D eigenvalue weighted by Gasteiger charge is 2.43. The van der Waals surface area contributed by atoms with Crippen molar-refractivity contribution in [3.05, 3.63) is 12.2 Å². The first kappa shape index (κ1) is 26.3. The summed E-state index contributed by atoms with van der Waals surface area (Å²) < 4.78 is 16.7. The van der Waals surface area contributed by atoms with Crippen molar-refractivity contribution in [2.75, 3.05) is 20.3 Å². The number of hydrogen-bond acceptors (Lipinski definition) is 6. The number of esters is 1. The highest BCUT2D eigenvalue weighted by Crippen LogP contribution is 2.41. The lowest BCUT2D eigenvalue weighted by molar-refractivity contribution is -0.171. The van der Waals surface area contributed by atoms with Gasteiger partial charge >= 0.3 is 5.97 Å². The average molecular weight is 441 g/mol. The molecule has 31 heavy (non-hydrogen) atoms. The van der Waals surface area contributed by atoms with E-state index in [0.717, 1.165) is 44.9 Å². The Bertz CT molecular complexity index is 528. The Kier molecular flexibility index (Phi) is 12.1. The molecule has 1 unspecified atom stereocenters. The fraction of sp³-hybridized carbons (Fsp3) is 0.880. The molecule has 0 spiro atoms. The maximum atomic E-state index is 11.2. The van der Waals surface area contributed by atoms with Crippen molar-refractivity contribution in [1.82, 2.24) is 0 Å². The maximum Gasteiger partial charge on any atom is 0.305 e. The van der Waals surface area contributed by atoms with Crippen LogP contribution in [0.2, 0.25) is 0 Å². The topological polar surface area (TPSA) is 85.2 Å². The van der Waals surface area contributed by atoms with Crippen molar-refractivity contribution < 1.29 is 29.2 Å². The van der Waals surface area contributed by atoms with E-state index in [1.165, 1.54) is 32.8 Å². The molecule has 2 rings (SSSR count). The van der Waals surface area contributed by atoms with Crippen molar-refractivity contribution in [1.29, 1.82) is 0 Å². The van der Waals surface area contributed by atoms with Crippen molar-refractivity contribution in [2.24, 2.45) is 11.8 Å². The van der Waals surface area contributed by atoms with E-state index in [0.29, 0.717) is 26.1 Å². The Morgan fingerprint density at radius 1 is 1.00 bits per heavy atom. The number of allylic oxidation sites excluding steroid dienone is 2. The summed E-state index contributed by atoms with van der Waals surface area (Å²) in [5.41, 5.74) is 0. The van der Waals surface area contributed by atoms with E-state index in [1.807, 2.05) is 0 Å². The molecule has 4 atom stereocenters. The molecule has 0 bridgehead atoms. The second-order valence-electron chi connectivity index (χ2n) is 9.18. The molecule has 2 fully saturated rings. The minimum absolute atomic E-state index is 0.0508. The van der Waals surface area contributed by atoms with Gasteiger partial charge in [0.05, 0.1) is 32.5 Å². The molecule has 0 aromatic carbocycles. The Morgan fingerprint density at radius 3 is 2.42 bits per heavy atom. The fourth-order valence-corrected chi connectivity index (χ4v) is 5.04. The number of unbranched alkanes of at least 4 members (excludes halogenated alkanes) is 5. The SMILES string of the molecule is CCCCCCCC1(CCC2[C@H](O)C[C@H](O)[C@@H]2CC=CCCCC(=O)OC)OCCO1. The summed E-state index contributed by atoms with van der Waals surface area (Å²) in [5.74, 6) is -0.582. The molecule has 0 aromatic rings. The summed E-state index contributed by atoms with van der Waals surface area (Å²) >= 11 is 0. The van der Waals surface area contributed by atoms with Crippen LogP contribution < -0.4 is 0 Å². The second-order valence-corrected chi connectivity index (χ2v) is 9.18. The zero-order valence-corrected chi connectivity index (χ0v) is 19.6. The Hall–Kier alpha value is -0.950. The third-order valence-electron chi connectivity index (χ3n) is 6.91. The molecule has 2 aliphatic rings. The van der Waals surface area contributed by atoms with Crippen LogP contribution in [0.4, 0.5) is 0 Å². The molecular weight excluding hydrogens is 396 g/mol. The lowest BCUT2D eigenvalue weighted by atomic mass is 9.85. The Labute approximate surface area is 188 Å². The van der Waals surface area contributed by atoms with Crippen LogP contribution in [0.3, 0.4) is 0 Å². The molecule has 1 heterocycles. The lowest BCUT2D eigenvalue weighted by Gasteiger charge is -2.31. The van der Waals surface area contributed by atoms with Crippen molar-refractivity contribution in [2.45, 2.75) is 108 Å². The summed E-state index contributed by atoms with van der Waals surface area (Å²) in [5, 5.41) is 21.1. The van der Waals surface area contributed by atoms with Crippen LogP contribution >= 0.6 is 0 Å². The summed E-state index contributed by atoms with van der Waals surface area (Å²) in [6, 6.07) is 0. The van der Waals surface area contributed by atoms with Gasteiger partial charge in [-0.1, -0.05) is 44.8 Å². The molecule has 1 saturated heterocycles. The highest BCUT2D eigenvalue weighted by molar-refractivity contribution is 5.69. The molecule has 180 valence electrons. The van der Waals surface area contributed by atoms with Gasteiger partial charge < -0.3 is 24.4 Å². The quantitative estimate of drug-likeness (QED) is 0.221. The van der Waals surface area contributed by atoms with Gasteiger partial charge in [-0.15, -0.1) is 0 Å². The van der Waals surface area contributed by atoms with Gasteiger partial charge in [-0.05, 0) is 50.4 Å². The van der Waals surface area contributed by atoms with E-state index in [4.69, 9.17) is 9.47 Å². The van der Waals surface area contributed by atoms with Gasteiger partial charge in [-0.25, -0.2) is 0 Å². The van der Waals surface area contributed by atoms with Gasteiger partial charge in [0.1, 0.15) is 0 Å². The Balaban J connectivity index is 1.80. The second kappa shape index (κ2) is 14.2. The van der Waals surface area contributed by atoms with E-state index in [-0.39, 0.29) is 17.8 Å². The van der Waals surface area contributed by atoms with Crippen LogP contribution in [-0.4, -0.2) is 54.5 Å². The van der Waals surface area contributed by atoms with Crippen LogP contribution in [0.1, 0.15) is 90.4 Å². The zero-order valence-electron chi connectivity index (χ0n) is 19.6. The van der Waals surface area contributed by atoms with Gasteiger partial charge in [-0.2, -0.15) is 0 Å². The van der Waals surface area contributed by atoms with Crippen LogP contribution in [0.25, 0.3) is 0 Å². The molecule has 0 aromatic heterocycles. The predicted octanol–water partition coefficient (Wildman–Crippen LogP) is 4.52. The minimum atomic E-state index is -0.506. The van der Waals surface area contributed by atoms with Crippen molar-refractivity contribution in [3.63, 3.8) is 0 Å². The predicted molar refractivity (Wildman–Crippen MR) is 120 cm³/mol. The first-order valence-electron chi connectivity index (χ1n) is 12.4. The third-order valence-corrected chi connectivity index (χ3v) is 6.91. The highest BCUT2D eigenvalue weighted by atomic mass is 16.7. The van der Waals surface area contributed by atoms with E-state index in [9.17, 15) is 15.0 Å². The van der Waals surface area contributed by atoms with E-state index in [2.05, 4.69) is 23.8 Å². The van der Waals surface area contributed by atoms with Crippen LogP contribution in [0, 0.1) is 11.8 Å². The number of hydrogen-bond donors (Lipinski definition) is 2. The molecule has 6 heteroatoms. The van der Waals surface area contributed by atoms with E-state index < -0.39 is 18.0 Å². The molecule has 0 amide bonds.